The van der Waals surface area contributed by atoms with Gasteiger partial charge in [0.15, 0.2) is 0 Å². The average Bonchev–Trinajstić information content (AvgIpc) is 2.88. The molecule has 1 N–H and O–H groups in total. The molecule has 0 bridgehead atoms. The van der Waals surface area contributed by atoms with E-state index in [9.17, 15) is 4.79 Å². The number of piperidine rings is 1. The van der Waals surface area contributed by atoms with Crippen LogP contribution in [0.5, 0.6) is 0 Å². The van der Waals surface area contributed by atoms with Crippen molar-refractivity contribution in [3.05, 3.63) is 35.0 Å². The van der Waals surface area contributed by atoms with Gasteiger partial charge in [0.1, 0.15) is 5.60 Å². The number of aromatic nitrogens is 1. The first-order chi connectivity index (χ1) is 10.8. The zero-order valence-electron chi connectivity index (χ0n) is 13.9. The fourth-order valence-corrected chi connectivity index (χ4v) is 3.24. The molecule has 0 radical (unpaired) electrons. The molecule has 1 fully saturated rings. The third-order valence-electron chi connectivity index (χ3n) is 4.12. The molecule has 0 aliphatic carbocycles. The maximum absolute atomic E-state index is 12.3. The summed E-state index contributed by atoms with van der Waals surface area (Å²) in [5.41, 5.74) is 1.75. The van der Waals surface area contributed by atoms with E-state index in [2.05, 4.69) is 11.1 Å². The van der Waals surface area contributed by atoms with E-state index in [0.717, 1.165) is 41.0 Å². The number of carbonyl (C=O) groups excluding carboxylic acids is 1. The molecule has 0 saturated carbocycles. The van der Waals surface area contributed by atoms with E-state index in [1.807, 2.05) is 43.9 Å². The highest BCUT2D eigenvalue weighted by atomic mass is 35.5. The zero-order valence-corrected chi connectivity index (χ0v) is 14.6. The number of halogens is 1. The molecule has 1 amide bonds. The SMILES string of the molecule is CC(C)(C)OC(=O)N1CCCC(c2cc3ccc(Cl)cc3[nH]2)C1. The van der Waals surface area contributed by atoms with Crippen LogP contribution in [0.4, 0.5) is 4.79 Å². The second kappa shape index (κ2) is 6.08. The summed E-state index contributed by atoms with van der Waals surface area (Å²) in [6.45, 7) is 7.14. The van der Waals surface area contributed by atoms with Gasteiger partial charge in [0.05, 0.1) is 0 Å². The largest absolute Gasteiger partial charge is 0.444 e. The van der Waals surface area contributed by atoms with Crippen molar-refractivity contribution < 1.29 is 9.53 Å². The molecule has 23 heavy (non-hydrogen) atoms. The lowest BCUT2D eigenvalue weighted by Gasteiger charge is -2.33. The first-order valence-corrected chi connectivity index (χ1v) is 8.46. The molecule has 3 rings (SSSR count). The highest BCUT2D eigenvalue weighted by Gasteiger charge is 2.29. The van der Waals surface area contributed by atoms with Gasteiger partial charge >= 0.3 is 6.09 Å². The van der Waals surface area contributed by atoms with Crippen molar-refractivity contribution in [2.24, 2.45) is 0 Å². The van der Waals surface area contributed by atoms with Crippen LogP contribution in [-0.2, 0) is 4.74 Å². The predicted octanol–water partition coefficient (Wildman–Crippen LogP) is 4.94. The van der Waals surface area contributed by atoms with Crippen LogP contribution in [0, 0.1) is 0 Å². The van der Waals surface area contributed by atoms with Gasteiger partial charge in [-0.2, -0.15) is 0 Å². The van der Waals surface area contributed by atoms with Crippen LogP contribution >= 0.6 is 11.6 Å². The molecule has 0 spiro atoms. The van der Waals surface area contributed by atoms with Crippen molar-refractivity contribution in [1.82, 2.24) is 9.88 Å². The Hall–Kier alpha value is -1.68. The number of nitrogens with zero attached hydrogens (tertiary/aromatic N) is 1. The third-order valence-corrected chi connectivity index (χ3v) is 4.35. The monoisotopic (exact) mass is 334 g/mol. The molecule has 5 heteroatoms. The summed E-state index contributed by atoms with van der Waals surface area (Å²) in [4.78, 5) is 17.6. The van der Waals surface area contributed by atoms with E-state index in [4.69, 9.17) is 16.3 Å². The molecule has 4 nitrogen and oxygen atoms in total. The first-order valence-electron chi connectivity index (χ1n) is 8.08. The average molecular weight is 335 g/mol. The quantitative estimate of drug-likeness (QED) is 0.803. The topological polar surface area (TPSA) is 45.3 Å². The van der Waals surface area contributed by atoms with Gasteiger partial charge < -0.3 is 14.6 Å². The molecular formula is C18H23ClN2O2. The van der Waals surface area contributed by atoms with Crippen LogP contribution in [0.1, 0.15) is 45.2 Å². The Morgan fingerprint density at radius 3 is 2.87 bits per heavy atom. The molecular weight excluding hydrogens is 312 g/mol. The lowest BCUT2D eigenvalue weighted by Crippen LogP contribution is -2.42. The van der Waals surface area contributed by atoms with Crippen LogP contribution in [0.3, 0.4) is 0 Å². The van der Waals surface area contributed by atoms with Gasteiger partial charge in [-0.15, -0.1) is 0 Å². The van der Waals surface area contributed by atoms with Crippen molar-refractivity contribution in [3.63, 3.8) is 0 Å². The summed E-state index contributed by atoms with van der Waals surface area (Å²) in [6, 6.07) is 8.02. The van der Waals surface area contributed by atoms with E-state index in [1.54, 1.807) is 0 Å². The van der Waals surface area contributed by atoms with Crippen LogP contribution < -0.4 is 0 Å². The number of aromatic amines is 1. The second-order valence-electron chi connectivity index (χ2n) is 7.22. The Morgan fingerprint density at radius 2 is 2.13 bits per heavy atom. The zero-order chi connectivity index (χ0) is 16.6. The van der Waals surface area contributed by atoms with E-state index >= 15 is 0 Å². The van der Waals surface area contributed by atoms with Gasteiger partial charge in [0.25, 0.3) is 0 Å². The standard InChI is InChI=1S/C18H23ClN2O2/c1-18(2,3)23-17(22)21-8-4-5-13(11-21)15-9-12-6-7-14(19)10-16(12)20-15/h6-7,9-10,13,20H,4-5,8,11H2,1-3H3. The van der Waals surface area contributed by atoms with Gasteiger partial charge in [0, 0.05) is 35.2 Å². The number of fused-ring (bicyclic) bond motifs is 1. The molecule has 2 heterocycles. The number of hydrogen-bond donors (Lipinski definition) is 1. The Bertz CT molecular complexity index is 717. The Kier molecular flexibility index (Phi) is 4.28. The van der Waals surface area contributed by atoms with Crippen molar-refractivity contribution in [2.45, 2.75) is 45.1 Å². The molecule has 2 aromatic rings. The fourth-order valence-electron chi connectivity index (χ4n) is 3.06. The molecule has 1 aliphatic heterocycles. The molecule has 1 unspecified atom stereocenters. The maximum Gasteiger partial charge on any atom is 0.410 e. The second-order valence-corrected chi connectivity index (χ2v) is 7.66. The maximum atomic E-state index is 12.3. The number of rotatable bonds is 1. The lowest BCUT2D eigenvalue weighted by molar-refractivity contribution is 0.0197. The van der Waals surface area contributed by atoms with Gasteiger partial charge in [-0.05, 0) is 57.2 Å². The molecule has 124 valence electrons. The summed E-state index contributed by atoms with van der Waals surface area (Å²) in [6.07, 6.45) is 1.83. The van der Waals surface area contributed by atoms with Crippen molar-refractivity contribution in [3.8, 4) is 0 Å². The molecule has 1 saturated heterocycles. The Balaban J connectivity index is 1.75. The van der Waals surface area contributed by atoms with Crippen LogP contribution in [0.15, 0.2) is 24.3 Å². The summed E-state index contributed by atoms with van der Waals surface area (Å²) in [5, 5.41) is 1.88. The minimum atomic E-state index is -0.456. The predicted molar refractivity (Wildman–Crippen MR) is 93.1 cm³/mol. The molecule has 1 atom stereocenters. The van der Waals surface area contributed by atoms with E-state index in [0.29, 0.717) is 12.5 Å². The number of benzene rings is 1. The van der Waals surface area contributed by atoms with Crippen molar-refractivity contribution >= 4 is 28.6 Å². The summed E-state index contributed by atoms with van der Waals surface area (Å²) >= 11 is 6.05. The lowest BCUT2D eigenvalue weighted by atomic mass is 9.95. The smallest absolute Gasteiger partial charge is 0.410 e. The number of amides is 1. The number of likely N-dealkylation sites (tertiary alicyclic amines) is 1. The minimum Gasteiger partial charge on any atom is -0.444 e. The van der Waals surface area contributed by atoms with Gasteiger partial charge in [-0.3, -0.25) is 0 Å². The first kappa shape index (κ1) is 16.2. The number of hydrogen-bond acceptors (Lipinski definition) is 2. The van der Waals surface area contributed by atoms with E-state index in [1.165, 1.54) is 0 Å². The molecule has 1 aromatic heterocycles. The summed E-state index contributed by atoms with van der Waals surface area (Å²) < 4.78 is 5.50. The molecule has 1 aliphatic rings. The minimum absolute atomic E-state index is 0.221. The van der Waals surface area contributed by atoms with Crippen LogP contribution in [0.2, 0.25) is 5.02 Å². The van der Waals surface area contributed by atoms with Crippen molar-refractivity contribution in [2.75, 3.05) is 13.1 Å². The summed E-state index contributed by atoms with van der Waals surface area (Å²) in [7, 11) is 0. The third kappa shape index (κ3) is 3.81. The van der Waals surface area contributed by atoms with Crippen LogP contribution in [-0.4, -0.2) is 34.7 Å². The Morgan fingerprint density at radius 1 is 1.35 bits per heavy atom. The number of ether oxygens (including phenoxy) is 1. The van der Waals surface area contributed by atoms with E-state index in [-0.39, 0.29) is 6.09 Å². The highest BCUT2D eigenvalue weighted by molar-refractivity contribution is 6.31. The number of nitrogens with one attached hydrogen (secondary N) is 1. The number of H-pyrrole nitrogens is 1. The van der Waals surface area contributed by atoms with Crippen molar-refractivity contribution in [1.29, 1.82) is 0 Å². The van der Waals surface area contributed by atoms with Crippen LogP contribution in [0.25, 0.3) is 10.9 Å². The number of carbonyl (C=O) groups is 1. The van der Waals surface area contributed by atoms with Gasteiger partial charge in [-0.25, -0.2) is 4.79 Å². The highest BCUT2D eigenvalue weighted by Crippen LogP contribution is 2.30. The van der Waals surface area contributed by atoms with Gasteiger partial charge in [-0.1, -0.05) is 17.7 Å². The fraction of sp³-hybridized carbons (Fsp3) is 0.500. The Labute approximate surface area is 141 Å². The van der Waals surface area contributed by atoms with Gasteiger partial charge in [0.2, 0.25) is 0 Å². The van der Waals surface area contributed by atoms with E-state index < -0.39 is 5.60 Å². The normalized spacial score (nSPS) is 19.1. The summed E-state index contributed by atoms with van der Waals surface area (Å²) in [5.74, 6) is 0.308. The molecule has 1 aromatic carbocycles.